The first kappa shape index (κ1) is 34.8. The van der Waals surface area contributed by atoms with E-state index in [2.05, 4.69) is 0 Å². The molecule has 1 aliphatic rings. The quantitative estimate of drug-likeness (QED) is 0.312. The second kappa shape index (κ2) is 12.0. The van der Waals surface area contributed by atoms with E-state index in [0.29, 0.717) is 18.2 Å². The standard InChI is InChI=1S/C29H31F9N2O4/c1-15(2)44-25(42)40-21-8-7-17(27(30,31)32)12-20(21)22(13-23(40)26(3,4)5)39(24(41)43-6)14-16-9-18(28(33,34)35)11-19(10-16)29(36,37)38/h7-12,15,22-23H,13-14H2,1-6H3. The molecular weight excluding hydrogens is 611 g/mol. The molecule has 2 aromatic rings. The van der Waals surface area contributed by atoms with E-state index < -0.39 is 83.1 Å². The highest BCUT2D eigenvalue weighted by Gasteiger charge is 2.47. The van der Waals surface area contributed by atoms with Gasteiger partial charge in [-0.1, -0.05) is 20.8 Å². The zero-order valence-electron chi connectivity index (χ0n) is 24.5. The zero-order valence-corrected chi connectivity index (χ0v) is 24.5. The normalized spacial score (nSPS) is 17.8. The van der Waals surface area contributed by atoms with E-state index in [-0.39, 0.29) is 23.7 Å². The number of halogens is 9. The van der Waals surface area contributed by atoms with Crippen molar-refractivity contribution >= 4 is 17.9 Å². The van der Waals surface area contributed by atoms with Gasteiger partial charge in [-0.05, 0) is 73.2 Å². The van der Waals surface area contributed by atoms with Gasteiger partial charge in [0.2, 0.25) is 0 Å². The molecule has 2 amide bonds. The second-order valence-corrected chi connectivity index (χ2v) is 11.7. The first-order valence-electron chi connectivity index (χ1n) is 13.3. The number of nitrogens with zero attached hydrogens (tertiary/aromatic N) is 2. The van der Waals surface area contributed by atoms with Crippen LogP contribution in [0.3, 0.4) is 0 Å². The summed E-state index contributed by atoms with van der Waals surface area (Å²) < 4.78 is 133. The molecule has 2 aromatic carbocycles. The lowest BCUT2D eigenvalue weighted by atomic mass is 9.77. The number of amides is 2. The highest BCUT2D eigenvalue weighted by molar-refractivity contribution is 5.91. The Kier molecular flexibility index (Phi) is 9.53. The molecule has 1 aliphatic heterocycles. The van der Waals surface area contributed by atoms with Gasteiger partial charge in [-0.3, -0.25) is 9.80 Å². The average molecular weight is 643 g/mol. The number of carbonyl (C=O) groups excluding carboxylic acids is 2. The summed E-state index contributed by atoms with van der Waals surface area (Å²) in [7, 11) is 0.909. The topological polar surface area (TPSA) is 59.1 Å². The molecule has 44 heavy (non-hydrogen) atoms. The summed E-state index contributed by atoms with van der Waals surface area (Å²) in [5.41, 5.74) is -6.13. The van der Waals surface area contributed by atoms with E-state index in [0.717, 1.165) is 29.0 Å². The Hall–Kier alpha value is -3.65. The van der Waals surface area contributed by atoms with Gasteiger partial charge < -0.3 is 9.47 Å². The van der Waals surface area contributed by atoms with Crippen molar-refractivity contribution in [2.75, 3.05) is 12.0 Å². The molecule has 244 valence electrons. The van der Waals surface area contributed by atoms with Gasteiger partial charge in [0.1, 0.15) is 0 Å². The predicted molar refractivity (Wildman–Crippen MR) is 141 cm³/mol. The van der Waals surface area contributed by atoms with Crippen LogP contribution in [0, 0.1) is 5.41 Å². The predicted octanol–water partition coefficient (Wildman–Crippen LogP) is 9.22. The maximum Gasteiger partial charge on any atom is 0.416 e. The van der Waals surface area contributed by atoms with Gasteiger partial charge in [0.15, 0.2) is 0 Å². The maximum absolute atomic E-state index is 13.8. The van der Waals surface area contributed by atoms with Crippen LogP contribution in [-0.4, -0.2) is 36.3 Å². The second-order valence-electron chi connectivity index (χ2n) is 11.7. The fraction of sp³-hybridized carbons (Fsp3) is 0.517. The number of hydrogen-bond donors (Lipinski definition) is 0. The Balaban J connectivity index is 2.30. The first-order chi connectivity index (χ1) is 19.9. The number of alkyl halides is 9. The van der Waals surface area contributed by atoms with E-state index in [4.69, 9.17) is 9.47 Å². The molecule has 2 unspecified atom stereocenters. The number of ether oxygens (including phenoxy) is 2. The van der Waals surface area contributed by atoms with Crippen LogP contribution in [0.2, 0.25) is 0 Å². The highest BCUT2D eigenvalue weighted by Crippen LogP contribution is 2.48. The van der Waals surface area contributed by atoms with E-state index in [1.807, 2.05) is 0 Å². The smallest absolute Gasteiger partial charge is 0.416 e. The first-order valence-corrected chi connectivity index (χ1v) is 13.3. The minimum absolute atomic E-state index is 0.0752. The minimum Gasteiger partial charge on any atom is -0.453 e. The molecule has 0 N–H and O–H groups in total. The summed E-state index contributed by atoms with van der Waals surface area (Å²) in [6.07, 6.45) is -18.2. The van der Waals surface area contributed by atoms with Crippen molar-refractivity contribution in [3.63, 3.8) is 0 Å². The van der Waals surface area contributed by atoms with Gasteiger partial charge in [0, 0.05) is 12.6 Å². The lowest BCUT2D eigenvalue weighted by Gasteiger charge is -2.48. The van der Waals surface area contributed by atoms with Gasteiger partial charge >= 0.3 is 30.7 Å². The molecule has 1 heterocycles. The van der Waals surface area contributed by atoms with Crippen molar-refractivity contribution in [3.05, 3.63) is 64.2 Å². The Bertz CT molecular complexity index is 1350. The van der Waals surface area contributed by atoms with Gasteiger partial charge in [0.05, 0.1) is 41.6 Å². The van der Waals surface area contributed by atoms with Gasteiger partial charge in [-0.15, -0.1) is 0 Å². The number of hydrogen-bond acceptors (Lipinski definition) is 4. The maximum atomic E-state index is 13.8. The number of anilines is 1. The number of methoxy groups -OCH3 is 1. The highest BCUT2D eigenvalue weighted by atomic mass is 19.4. The van der Waals surface area contributed by atoms with Crippen molar-refractivity contribution in [3.8, 4) is 0 Å². The Labute approximate surface area is 247 Å². The summed E-state index contributed by atoms with van der Waals surface area (Å²) >= 11 is 0. The van der Waals surface area contributed by atoms with Crippen LogP contribution in [0.15, 0.2) is 36.4 Å². The van der Waals surface area contributed by atoms with Gasteiger partial charge in [0.25, 0.3) is 0 Å². The largest absolute Gasteiger partial charge is 0.453 e. The van der Waals surface area contributed by atoms with Crippen molar-refractivity contribution in [2.24, 2.45) is 5.41 Å². The fourth-order valence-corrected chi connectivity index (χ4v) is 5.08. The molecule has 0 bridgehead atoms. The van der Waals surface area contributed by atoms with Gasteiger partial charge in [-0.25, -0.2) is 9.59 Å². The molecule has 0 saturated carbocycles. The van der Waals surface area contributed by atoms with Crippen LogP contribution in [0.25, 0.3) is 0 Å². The molecule has 2 atom stereocenters. The number of benzene rings is 2. The lowest BCUT2D eigenvalue weighted by Crippen LogP contribution is -2.54. The van der Waals surface area contributed by atoms with Crippen molar-refractivity contribution in [2.45, 2.75) is 84.3 Å². The molecule has 3 rings (SSSR count). The third-order valence-electron chi connectivity index (χ3n) is 7.05. The van der Waals surface area contributed by atoms with E-state index in [1.54, 1.807) is 34.6 Å². The summed E-state index contributed by atoms with van der Waals surface area (Å²) in [4.78, 5) is 28.3. The number of carbonyl (C=O) groups is 2. The molecule has 0 spiro atoms. The fourth-order valence-electron chi connectivity index (χ4n) is 5.08. The molecule has 0 aliphatic carbocycles. The SMILES string of the molecule is COC(=O)N(Cc1cc(C(F)(F)F)cc(C(F)(F)F)c1)C1CC(C(C)(C)C)N(C(=O)OC(C)C)c2ccc(C(F)(F)F)cc21. The number of rotatable bonds is 4. The van der Waals surface area contributed by atoms with Gasteiger partial charge in [-0.2, -0.15) is 39.5 Å². The lowest BCUT2D eigenvalue weighted by molar-refractivity contribution is -0.143. The summed E-state index contributed by atoms with van der Waals surface area (Å²) in [5.74, 6) is 0. The van der Waals surface area contributed by atoms with E-state index >= 15 is 0 Å². The minimum atomic E-state index is -5.18. The van der Waals surface area contributed by atoms with Crippen LogP contribution < -0.4 is 4.90 Å². The van der Waals surface area contributed by atoms with Crippen molar-refractivity contribution in [1.82, 2.24) is 4.90 Å². The zero-order chi connectivity index (χ0) is 33.6. The van der Waals surface area contributed by atoms with Crippen LogP contribution in [0.1, 0.15) is 74.9 Å². The molecule has 0 saturated heterocycles. The van der Waals surface area contributed by atoms with E-state index in [9.17, 15) is 49.1 Å². The number of fused-ring (bicyclic) bond motifs is 1. The molecule has 0 fully saturated rings. The Morgan fingerprint density at radius 3 is 1.82 bits per heavy atom. The Morgan fingerprint density at radius 2 is 1.39 bits per heavy atom. The monoisotopic (exact) mass is 642 g/mol. The van der Waals surface area contributed by atoms with Crippen LogP contribution in [0.4, 0.5) is 54.8 Å². The molecule has 0 radical (unpaired) electrons. The molecular formula is C29H31F9N2O4. The van der Waals surface area contributed by atoms with E-state index in [1.165, 1.54) is 0 Å². The molecule has 6 nitrogen and oxygen atoms in total. The molecule has 15 heteroatoms. The van der Waals surface area contributed by atoms with Crippen molar-refractivity contribution in [1.29, 1.82) is 0 Å². The van der Waals surface area contributed by atoms with Crippen molar-refractivity contribution < 1.29 is 58.6 Å². The third kappa shape index (κ3) is 7.70. The third-order valence-corrected chi connectivity index (χ3v) is 7.05. The summed E-state index contributed by atoms with van der Waals surface area (Å²) in [6.45, 7) is 7.37. The Morgan fingerprint density at radius 1 is 0.864 bits per heavy atom. The van der Waals surface area contributed by atoms with Crippen LogP contribution in [0.5, 0.6) is 0 Å². The van der Waals surface area contributed by atoms with Crippen LogP contribution >= 0.6 is 0 Å². The summed E-state index contributed by atoms with van der Waals surface area (Å²) in [5, 5.41) is 0. The van der Waals surface area contributed by atoms with Crippen LogP contribution in [-0.2, 0) is 34.5 Å². The average Bonchev–Trinajstić information content (AvgIpc) is 2.87. The summed E-state index contributed by atoms with van der Waals surface area (Å²) in [6, 6.07) is 0.971. The molecule has 0 aromatic heterocycles.